The Bertz CT molecular complexity index is 1070. The van der Waals surface area contributed by atoms with Crippen molar-refractivity contribution < 1.29 is 29.4 Å². The summed E-state index contributed by atoms with van der Waals surface area (Å²) in [5, 5.41) is 23.2. The molecular weight excluding hydrogens is 422 g/mol. The molecule has 2 unspecified atom stereocenters. The summed E-state index contributed by atoms with van der Waals surface area (Å²) in [7, 11) is 0. The summed E-state index contributed by atoms with van der Waals surface area (Å²) >= 11 is 0. The van der Waals surface area contributed by atoms with Gasteiger partial charge in [0, 0.05) is 17.7 Å². The Balaban J connectivity index is 1.56. The maximum Gasteiger partial charge on any atom is 0.326 e. The van der Waals surface area contributed by atoms with E-state index in [0.717, 1.165) is 0 Å². The van der Waals surface area contributed by atoms with Crippen LogP contribution in [0.5, 0.6) is 0 Å². The largest absolute Gasteiger partial charge is 0.481 e. The van der Waals surface area contributed by atoms with Crippen LogP contribution in [0.25, 0.3) is 0 Å². The summed E-state index contributed by atoms with van der Waals surface area (Å²) in [6.45, 7) is 0.238. The predicted molar refractivity (Wildman–Crippen MR) is 114 cm³/mol. The van der Waals surface area contributed by atoms with Gasteiger partial charge in [-0.25, -0.2) is 9.79 Å². The molecule has 2 heterocycles. The Hall–Kier alpha value is -4.42. The molecule has 3 rings (SSSR count). The number of carboxylic acids is 2. The van der Waals surface area contributed by atoms with Crippen molar-refractivity contribution in [3.05, 3.63) is 29.8 Å². The van der Waals surface area contributed by atoms with E-state index in [1.165, 1.54) is 18.3 Å². The molecule has 2 amide bonds. The van der Waals surface area contributed by atoms with Crippen LogP contribution in [0.15, 0.2) is 44.2 Å². The van der Waals surface area contributed by atoms with Crippen LogP contribution in [0.3, 0.4) is 0 Å². The van der Waals surface area contributed by atoms with Crippen LogP contribution in [0.2, 0.25) is 0 Å². The van der Waals surface area contributed by atoms with Gasteiger partial charge in [-0.3, -0.25) is 19.4 Å². The normalized spacial score (nSPS) is 17.9. The molecule has 0 aliphatic carbocycles. The molecule has 0 bridgehead atoms. The van der Waals surface area contributed by atoms with Gasteiger partial charge in [0.2, 0.25) is 5.96 Å². The third-order valence-corrected chi connectivity index (χ3v) is 4.44. The Morgan fingerprint density at radius 3 is 2.50 bits per heavy atom. The second kappa shape index (κ2) is 9.59. The molecule has 6 N–H and O–H groups in total. The van der Waals surface area contributed by atoms with Crippen LogP contribution >= 0.6 is 0 Å². The first-order chi connectivity index (χ1) is 15.2. The maximum atomic E-state index is 12.3. The minimum Gasteiger partial charge on any atom is -0.481 e. The van der Waals surface area contributed by atoms with E-state index in [4.69, 9.17) is 15.9 Å². The fourth-order valence-electron chi connectivity index (χ4n) is 2.83. The Morgan fingerprint density at radius 1 is 1.12 bits per heavy atom. The molecule has 0 spiro atoms. The summed E-state index contributed by atoms with van der Waals surface area (Å²) in [5.74, 6) is -3.62. The summed E-state index contributed by atoms with van der Waals surface area (Å²) in [4.78, 5) is 61.8. The molecule has 0 radical (unpaired) electrons. The zero-order valence-corrected chi connectivity index (χ0v) is 16.6. The minimum atomic E-state index is -1.31. The van der Waals surface area contributed by atoms with Gasteiger partial charge < -0.3 is 26.6 Å². The molecule has 1 aromatic carbocycles. The lowest BCUT2D eigenvalue weighted by molar-refractivity contribution is -0.140. The lowest BCUT2D eigenvalue weighted by atomic mass is 10.1. The highest BCUT2D eigenvalue weighted by molar-refractivity contribution is 6.38. The molecule has 0 saturated heterocycles. The van der Waals surface area contributed by atoms with E-state index in [1.807, 2.05) is 0 Å². The summed E-state index contributed by atoms with van der Waals surface area (Å²) in [6.07, 6.45) is 0.847. The number of hydrogen-bond donors (Lipinski definition) is 5. The molecule has 2 aliphatic rings. The van der Waals surface area contributed by atoms with Gasteiger partial charge in [0.25, 0.3) is 11.8 Å². The highest BCUT2D eigenvalue weighted by atomic mass is 16.4. The van der Waals surface area contributed by atoms with Crippen LogP contribution in [0.1, 0.15) is 23.2 Å². The maximum absolute atomic E-state index is 12.3. The molecule has 0 saturated carbocycles. The van der Waals surface area contributed by atoms with Crippen LogP contribution in [-0.2, 0) is 14.4 Å². The zero-order chi connectivity index (χ0) is 23.3. The topological polar surface area (TPSA) is 208 Å². The van der Waals surface area contributed by atoms with E-state index in [9.17, 15) is 19.2 Å². The Morgan fingerprint density at radius 2 is 1.84 bits per heavy atom. The number of hydrogen-bond acceptors (Lipinski definition) is 9. The first-order valence-corrected chi connectivity index (χ1v) is 9.39. The highest BCUT2D eigenvalue weighted by Gasteiger charge is 2.30. The van der Waals surface area contributed by atoms with E-state index in [1.54, 1.807) is 12.1 Å². The number of nitrogens with two attached hydrogens (primary N) is 1. The second-order valence-corrected chi connectivity index (χ2v) is 6.79. The van der Waals surface area contributed by atoms with Crippen molar-refractivity contribution >= 4 is 53.2 Å². The van der Waals surface area contributed by atoms with Crippen molar-refractivity contribution in [2.24, 2.45) is 25.7 Å². The van der Waals surface area contributed by atoms with E-state index in [0.29, 0.717) is 11.4 Å². The van der Waals surface area contributed by atoms with Gasteiger partial charge in [-0.05, 0) is 30.7 Å². The third-order valence-electron chi connectivity index (χ3n) is 4.44. The number of aliphatic imine (C=N–C) groups is 4. The van der Waals surface area contributed by atoms with E-state index in [2.05, 4.69) is 30.6 Å². The summed E-state index contributed by atoms with van der Waals surface area (Å²) < 4.78 is 0. The fraction of sp³-hybridized carbons (Fsp3) is 0.263. The molecule has 0 fully saturated rings. The first kappa shape index (κ1) is 22.3. The molecule has 2 aliphatic heterocycles. The number of guanidine groups is 1. The van der Waals surface area contributed by atoms with Gasteiger partial charge in [-0.15, -0.1) is 0 Å². The number of carbonyl (C=O) groups excluding carboxylic acids is 2. The SMILES string of the molecule is NC1=NC(=O)C2N=C(CNc3ccc(C(=O)NC(CCC(=O)O)C(=O)O)cc3)C=NC2=N1. The van der Waals surface area contributed by atoms with Gasteiger partial charge in [-0.2, -0.15) is 9.98 Å². The van der Waals surface area contributed by atoms with Crippen LogP contribution in [0, 0.1) is 0 Å². The van der Waals surface area contributed by atoms with Gasteiger partial charge >= 0.3 is 11.9 Å². The van der Waals surface area contributed by atoms with Gasteiger partial charge in [0.1, 0.15) is 6.04 Å². The van der Waals surface area contributed by atoms with Crippen molar-refractivity contribution in [3.8, 4) is 0 Å². The molecular formula is C19H19N7O6. The van der Waals surface area contributed by atoms with Crippen molar-refractivity contribution in [1.82, 2.24) is 5.32 Å². The average Bonchev–Trinajstić information content (AvgIpc) is 2.75. The summed E-state index contributed by atoms with van der Waals surface area (Å²) in [6, 6.07) is 3.95. The number of carboxylic acid groups (broad SMARTS) is 2. The summed E-state index contributed by atoms with van der Waals surface area (Å²) in [5.41, 5.74) is 6.76. The van der Waals surface area contributed by atoms with Crippen molar-refractivity contribution in [2.45, 2.75) is 24.9 Å². The number of anilines is 1. The standard InChI is InChI=1S/C19H19N7O6/c20-19-25-15-14(17(30)26-19)23-11(8-22-15)7-21-10-3-1-9(2-4-10)16(29)24-12(18(31)32)5-6-13(27)28/h1-4,8,12,14,21H,5-7H2,(H,24,29)(H,27,28)(H,31,32)(H2,20,26,30). The average molecular weight is 441 g/mol. The smallest absolute Gasteiger partial charge is 0.326 e. The van der Waals surface area contributed by atoms with E-state index in [-0.39, 0.29) is 36.7 Å². The number of amidine groups is 1. The molecule has 13 nitrogen and oxygen atoms in total. The highest BCUT2D eigenvalue weighted by Crippen LogP contribution is 2.12. The fourth-order valence-corrected chi connectivity index (χ4v) is 2.83. The zero-order valence-electron chi connectivity index (χ0n) is 16.6. The third kappa shape index (κ3) is 5.59. The van der Waals surface area contributed by atoms with Gasteiger partial charge in [0.15, 0.2) is 11.9 Å². The lowest BCUT2D eigenvalue weighted by Crippen LogP contribution is -2.41. The number of rotatable bonds is 9. The Kier molecular flexibility index (Phi) is 6.68. The number of nitrogens with zero attached hydrogens (tertiary/aromatic N) is 4. The number of fused-ring (bicyclic) bond motifs is 1. The monoisotopic (exact) mass is 441 g/mol. The molecule has 32 heavy (non-hydrogen) atoms. The molecule has 166 valence electrons. The quantitative estimate of drug-likeness (QED) is 0.330. The number of nitrogens with one attached hydrogen (secondary N) is 2. The number of amides is 2. The van der Waals surface area contributed by atoms with Crippen molar-refractivity contribution in [3.63, 3.8) is 0 Å². The van der Waals surface area contributed by atoms with Gasteiger partial charge in [0.05, 0.1) is 18.5 Å². The molecule has 0 aromatic heterocycles. The van der Waals surface area contributed by atoms with Crippen molar-refractivity contribution in [2.75, 3.05) is 11.9 Å². The molecule has 13 heteroatoms. The van der Waals surface area contributed by atoms with E-state index >= 15 is 0 Å². The van der Waals surface area contributed by atoms with E-state index < -0.39 is 35.8 Å². The van der Waals surface area contributed by atoms with Crippen LogP contribution in [-0.4, -0.2) is 76.3 Å². The number of benzene rings is 1. The predicted octanol–water partition coefficient (Wildman–Crippen LogP) is -0.706. The number of carbonyl (C=O) groups is 4. The Labute approximate surface area is 180 Å². The minimum absolute atomic E-state index is 0.157. The van der Waals surface area contributed by atoms with Gasteiger partial charge in [-0.1, -0.05) is 0 Å². The second-order valence-electron chi connectivity index (χ2n) is 6.79. The van der Waals surface area contributed by atoms with Crippen LogP contribution in [0.4, 0.5) is 5.69 Å². The van der Waals surface area contributed by atoms with Crippen molar-refractivity contribution in [1.29, 1.82) is 0 Å². The lowest BCUT2D eigenvalue weighted by Gasteiger charge is -2.18. The number of aliphatic carboxylic acids is 2. The van der Waals surface area contributed by atoms with Crippen LogP contribution < -0.4 is 16.4 Å². The first-order valence-electron chi connectivity index (χ1n) is 9.39. The molecule has 1 aromatic rings. The molecule has 2 atom stereocenters.